The summed E-state index contributed by atoms with van der Waals surface area (Å²) in [5.74, 6) is 0.797. The highest BCUT2D eigenvalue weighted by Crippen LogP contribution is 2.31. The number of nitrogens with one attached hydrogen (secondary N) is 1. The van der Waals surface area contributed by atoms with Gasteiger partial charge in [0, 0.05) is 9.13 Å². The number of benzene rings is 2. The van der Waals surface area contributed by atoms with Crippen LogP contribution in [0, 0.1) is 3.57 Å². The van der Waals surface area contributed by atoms with E-state index in [1.165, 1.54) is 0 Å². The second kappa shape index (κ2) is 5.21. The van der Waals surface area contributed by atoms with Crippen LogP contribution < -0.4 is 10.1 Å². The summed E-state index contributed by atoms with van der Waals surface area (Å²) in [5, 5.41) is 3.02. The number of ether oxygens (including phenoxy) is 1. The molecule has 1 heterocycles. The Morgan fingerprint density at radius 1 is 1.16 bits per heavy atom. The Labute approximate surface area is 125 Å². The van der Waals surface area contributed by atoms with Crippen molar-refractivity contribution in [3.8, 4) is 5.75 Å². The third-order valence-corrected chi connectivity index (χ3v) is 4.06. The molecule has 96 valence electrons. The van der Waals surface area contributed by atoms with Crippen LogP contribution in [0.25, 0.3) is 0 Å². The van der Waals surface area contributed by atoms with Gasteiger partial charge in [-0.25, -0.2) is 0 Å². The van der Waals surface area contributed by atoms with Crippen molar-refractivity contribution in [2.75, 3.05) is 6.61 Å². The van der Waals surface area contributed by atoms with Gasteiger partial charge in [0.05, 0.1) is 11.6 Å². The Bertz CT molecular complexity index is 627. The Morgan fingerprint density at radius 2 is 1.89 bits per heavy atom. The number of para-hydroxylation sites is 1. The quantitative estimate of drug-likeness (QED) is 0.831. The van der Waals surface area contributed by atoms with E-state index in [0.29, 0.717) is 12.2 Å². The highest BCUT2D eigenvalue weighted by Gasteiger charge is 2.25. The van der Waals surface area contributed by atoms with Gasteiger partial charge in [0.1, 0.15) is 12.4 Å². The smallest absolute Gasteiger partial charge is 0.252 e. The average molecular weight is 365 g/mol. The molecule has 0 saturated carbocycles. The molecule has 0 saturated heterocycles. The van der Waals surface area contributed by atoms with Gasteiger partial charge in [-0.2, -0.15) is 0 Å². The molecular formula is C15H12INO2. The van der Waals surface area contributed by atoms with Crippen molar-refractivity contribution in [2.45, 2.75) is 6.04 Å². The van der Waals surface area contributed by atoms with Crippen LogP contribution in [0.1, 0.15) is 22.0 Å². The van der Waals surface area contributed by atoms with Gasteiger partial charge in [-0.3, -0.25) is 4.79 Å². The highest BCUT2D eigenvalue weighted by atomic mass is 127. The molecule has 1 amide bonds. The number of carbonyl (C=O) groups excluding carboxylic acids is 1. The van der Waals surface area contributed by atoms with Crippen LogP contribution in [0.3, 0.4) is 0 Å². The molecule has 2 aromatic rings. The lowest BCUT2D eigenvalue weighted by Crippen LogP contribution is -2.29. The van der Waals surface area contributed by atoms with E-state index in [1.807, 2.05) is 48.5 Å². The first-order chi connectivity index (χ1) is 9.25. The van der Waals surface area contributed by atoms with Crippen molar-refractivity contribution in [3.05, 3.63) is 63.2 Å². The van der Waals surface area contributed by atoms with Gasteiger partial charge in [-0.15, -0.1) is 0 Å². The predicted octanol–water partition coefficient (Wildman–Crippen LogP) is 3.15. The molecule has 0 aliphatic carbocycles. The lowest BCUT2D eigenvalue weighted by atomic mass is 10.1. The Hall–Kier alpha value is -1.56. The van der Waals surface area contributed by atoms with E-state index in [4.69, 9.17) is 4.74 Å². The summed E-state index contributed by atoms with van der Waals surface area (Å²) in [4.78, 5) is 12.3. The summed E-state index contributed by atoms with van der Waals surface area (Å²) in [6.07, 6.45) is 0. The van der Waals surface area contributed by atoms with Gasteiger partial charge >= 0.3 is 0 Å². The van der Waals surface area contributed by atoms with E-state index in [0.717, 1.165) is 14.9 Å². The summed E-state index contributed by atoms with van der Waals surface area (Å²) in [5.41, 5.74) is 1.74. The summed E-state index contributed by atoms with van der Waals surface area (Å²) >= 11 is 2.17. The van der Waals surface area contributed by atoms with E-state index in [-0.39, 0.29) is 11.9 Å². The zero-order chi connectivity index (χ0) is 13.2. The lowest BCUT2D eigenvalue weighted by molar-refractivity contribution is 0.0929. The van der Waals surface area contributed by atoms with Crippen molar-refractivity contribution in [2.24, 2.45) is 0 Å². The number of amides is 1. The van der Waals surface area contributed by atoms with Crippen molar-refractivity contribution >= 4 is 28.5 Å². The standard InChI is InChI=1S/C15H12INO2/c16-12-7-3-1-5-10(12)15(18)17-13-9-19-14-8-4-2-6-11(13)14/h1-8,13H,9H2,(H,17,18). The van der Waals surface area contributed by atoms with Crippen LogP contribution in [0.2, 0.25) is 0 Å². The number of halogens is 1. The Morgan fingerprint density at radius 3 is 2.74 bits per heavy atom. The van der Waals surface area contributed by atoms with Gasteiger partial charge in [-0.05, 0) is 40.8 Å². The maximum Gasteiger partial charge on any atom is 0.252 e. The molecule has 0 spiro atoms. The minimum Gasteiger partial charge on any atom is -0.491 e. The maximum absolute atomic E-state index is 12.3. The second-order valence-electron chi connectivity index (χ2n) is 4.35. The van der Waals surface area contributed by atoms with Gasteiger partial charge < -0.3 is 10.1 Å². The Balaban J connectivity index is 1.81. The summed E-state index contributed by atoms with van der Waals surface area (Å²) in [6, 6.07) is 15.3. The van der Waals surface area contributed by atoms with Crippen molar-refractivity contribution < 1.29 is 9.53 Å². The average Bonchev–Trinajstić information content (AvgIpc) is 2.83. The molecule has 1 aliphatic rings. The number of rotatable bonds is 2. The molecule has 3 rings (SSSR count). The monoisotopic (exact) mass is 365 g/mol. The van der Waals surface area contributed by atoms with Crippen LogP contribution in [0.4, 0.5) is 0 Å². The number of carbonyl (C=O) groups is 1. The summed E-state index contributed by atoms with van der Waals surface area (Å²) in [7, 11) is 0. The van der Waals surface area contributed by atoms with Crippen LogP contribution in [0.15, 0.2) is 48.5 Å². The van der Waals surface area contributed by atoms with Gasteiger partial charge in [0.2, 0.25) is 0 Å². The first kappa shape index (κ1) is 12.5. The molecule has 4 heteroatoms. The summed E-state index contributed by atoms with van der Waals surface area (Å²) in [6.45, 7) is 0.495. The zero-order valence-corrected chi connectivity index (χ0v) is 12.3. The third kappa shape index (κ3) is 2.45. The highest BCUT2D eigenvalue weighted by molar-refractivity contribution is 14.1. The molecule has 0 bridgehead atoms. The number of hydrogen-bond acceptors (Lipinski definition) is 2. The van der Waals surface area contributed by atoms with E-state index < -0.39 is 0 Å². The molecule has 1 N–H and O–H groups in total. The molecule has 0 radical (unpaired) electrons. The molecule has 2 aromatic carbocycles. The minimum absolute atomic E-state index is 0.0599. The molecule has 1 unspecified atom stereocenters. The number of fused-ring (bicyclic) bond motifs is 1. The fourth-order valence-corrected chi connectivity index (χ4v) is 2.80. The second-order valence-corrected chi connectivity index (χ2v) is 5.52. The molecule has 0 fully saturated rings. The van der Waals surface area contributed by atoms with Crippen LogP contribution in [-0.2, 0) is 0 Å². The van der Waals surface area contributed by atoms with Crippen molar-refractivity contribution in [1.29, 1.82) is 0 Å². The van der Waals surface area contributed by atoms with E-state index in [2.05, 4.69) is 27.9 Å². The minimum atomic E-state index is -0.0697. The zero-order valence-electron chi connectivity index (χ0n) is 10.1. The van der Waals surface area contributed by atoms with E-state index in [1.54, 1.807) is 0 Å². The fraction of sp³-hybridized carbons (Fsp3) is 0.133. The van der Waals surface area contributed by atoms with Gasteiger partial charge in [-0.1, -0.05) is 30.3 Å². The summed E-state index contributed by atoms with van der Waals surface area (Å²) < 4.78 is 6.51. The molecular weight excluding hydrogens is 353 g/mol. The molecule has 1 atom stereocenters. The van der Waals surface area contributed by atoms with E-state index >= 15 is 0 Å². The predicted molar refractivity (Wildman–Crippen MR) is 81.3 cm³/mol. The van der Waals surface area contributed by atoms with Crippen LogP contribution >= 0.6 is 22.6 Å². The molecule has 19 heavy (non-hydrogen) atoms. The largest absolute Gasteiger partial charge is 0.491 e. The topological polar surface area (TPSA) is 38.3 Å². The SMILES string of the molecule is O=C(NC1COc2ccccc21)c1ccccc1I. The molecule has 0 aromatic heterocycles. The van der Waals surface area contributed by atoms with Crippen LogP contribution in [0.5, 0.6) is 5.75 Å². The molecule has 3 nitrogen and oxygen atoms in total. The normalized spacial score (nSPS) is 16.6. The first-order valence-electron chi connectivity index (χ1n) is 6.03. The first-order valence-corrected chi connectivity index (χ1v) is 7.10. The fourth-order valence-electron chi connectivity index (χ4n) is 2.16. The van der Waals surface area contributed by atoms with Gasteiger partial charge in [0.25, 0.3) is 5.91 Å². The Kier molecular flexibility index (Phi) is 3.42. The van der Waals surface area contributed by atoms with Crippen molar-refractivity contribution in [3.63, 3.8) is 0 Å². The van der Waals surface area contributed by atoms with E-state index in [9.17, 15) is 4.79 Å². The number of hydrogen-bond donors (Lipinski definition) is 1. The maximum atomic E-state index is 12.3. The van der Waals surface area contributed by atoms with Gasteiger partial charge in [0.15, 0.2) is 0 Å². The molecule has 1 aliphatic heterocycles. The lowest BCUT2D eigenvalue weighted by Gasteiger charge is -2.12. The van der Waals surface area contributed by atoms with Crippen molar-refractivity contribution in [1.82, 2.24) is 5.32 Å². The third-order valence-electron chi connectivity index (χ3n) is 3.12. The van der Waals surface area contributed by atoms with Crippen LogP contribution in [-0.4, -0.2) is 12.5 Å².